The van der Waals surface area contributed by atoms with Crippen molar-refractivity contribution in [3.8, 4) is 0 Å². The predicted molar refractivity (Wildman–Crippen MR) is 74.7 cm³/mol. The number of hydrogen-bond donors (Lipinski definition) is 1. The Bertz CT molecular complexity index is 341. The lowest BCUT2D eigenvalue weighted by Gasteiger charge is -2.20. The van der Waals surface area contributed by atoms with E-state index in [9.17, 15) is 0 Å². The van der Waals surface area contributed by atoms with Gasteiger partial charge in [0.25, 0.3) is 0 Å². The molecule has 4 heteroatoms. The molecule has 0 spiro atoms. The Balaban J connectivity index is 1.97. The Morgan fingerprint density at radius 2 is 1.78 bits per heavy atom. The van der Waals surface area contributed by atoms with Gasteiger partial charge in [0.05, 0.1) is 0 Å². The summed E-state index contributed by atoms with van der Waals surface area (Å²) in [6.45, 7) is 4.29. The highest BCUT2D eigenvalue weighted by atomic mass is 15.2. The van der Waals surface area contributed by atoms with Crippen LogP contribution in [0.1, 0.15) is 44.6 Å². The molecule has 1 aromatic heterocycles. The zero-order valence-corrected chi connectivity index (χ0v) is 11.3. The third-order valence-electron chi connectivity index (χ3n) is 3.60. The summed E-state index contributed by atoms with van der Waals surface area (Å²) in [5.74, 6) is 0.880. The fraction of sp³-hybridized carbons (Fsp3) is 0.714. The van der Waals surface area contributed by atoms with E-state index in [-0.39, 0.29) is 6.04 Å². The smallest absolute Gasteiger partial charge is 0.225 e. The zero-order chi connectivity index (χ0) is 12.8. The topological polar surface area (TPSA) is 55.0 Å². The number of nitrogens with zero attached hydrogens (tertiary/aromatic N) is 3. The van der Waals surface area contributed by atoms with Crippen LogP contribution in [0.25, 0.3) is 0 Å². The normalized spacial score (nSPS) is 18.4. The second-order valence-electron chi connectivity index (χ2n) is 5.17. The first kappa shape index (κ1) is 13.3. The lowest BCUT2D eigenvalue weighted by molar-refractivity contribution is 0.642. The summed E-state index contributed by atoms with van der Waals surface area (Å²) in [4.78, 5) is 11.3. The Kier molecular flexibility index (Phi) is 4.93. The van der Waals surface area contributed by atoms with Gasteiger partial charge < -0.3 is 10.6 Å². The SMILES string of the molecule is CCC(N)Cc1cnc(N2CCCCCC2)nc1. The van der Waals surface area contributed by atoms with Crippen molar-refractivity contribution in [1.29, 1.82) is 0 Å². The molecule has 0 saturated carbocycles. The molecule has 1 fully saturated rings. The van der Waals surface area contributed by atoms with E-state index in [1.165, 1.54) is 25.7 Å². The summed E-state index contributed by atoms with van der Waals surface area (Å²) >= 11 is 0. The molecule has 2 rings (SSSR count). The minimum atomic E-state index is 0.220. The van der Waals surface area contributed by atoms with Gasteiger partial charge in [-0.2, -0.15) is 0 Å². The van der Waals surface area contributed by atoms with Crippen molar-refractivity contribution in [3.63, 3.8) is 0 Å². The van der Waals surface area contributed by atoms with Gasteiger partial charge in [0, 0.05) is 31.5 Å². The minimum absolute atomic E-state index is 0.220. The Labute approximate surface area is 110 Å². The molecular formula is C14H24N4. The van der Waals surface area contributed by atoms with Gasteiger partial charge in [0.15, 0.2) is 0 Å². The van der Waals surface area contributed by atoms with Crippen molar-refractivity contribution in [2.75, 3.05) is 18.0 Å². The average molecular weight is 248 g/mol. The van der Waals surface area contributed by atoms with Crippen LogP contribution in [0.5, 0.6) is 0 Å². The fourth-order valence-corrected chi connectivity index (χ4v) is 2.33. The van der Waals surface area contributed by atoms with Crippen molar-refractivity contribution in [3.05, 3.63) is 18.0 Å². The molecular weight excluding hydrogens is 224 g/mol. The van der Waals surface area contributed by atoms with Crippen LogP contribution in [-0.4, -0.2) is 29.1 Å². The molecule has 1 atom stereocenters. The maximum atomic E-state index is 5.94. The van der Waals surface area contributed by atoms with E-state index in [2.05, 4.69) is 21.8 Å². The Morgan fingerprint density at radius 1 is 1.17 bits per heavy atom. The molecule has 18 heavy (non-hydrogen) atoms. The van der Waals surface area contributed by atoms with Crippen LogP contribution in [0.3, 0.4) is 0 Å². The predicted octanol–water partition coefficient (Wildman–Crippen LogP) is 2.14. The molecule has 1 aromatic rings. The number of rotatable bonds is 4. The monoisotopic (exact) mass is 248 g/mol. The van der Waals surface area contributed by atoms with Gasteiger partial charge in [-0.25, -0.2) is 9.97 Å². The summed E-state index contributed by atoms with van der Waals surface area (Å²) in [6.07, 6.45) is 10.9. The van der Waals surface area contributed by atoms with E-state index >= 15 is 0 Å². The quantitative estimate of drug-likeness (QED) is 0.887. The van der Waals surface area contributed by atoms with Crippen molar-refractivity contribution in [2.45, 2.75) is 51.5 Å². The summed E-state index contributed by atoms with van der Waals surface area (Å²) in [7, 11) is 0. The van der Waals surface area contributed by atoms with Gasteiger partial charge in [-0.05, 0) is 31.2 Å². The molecule has 0 bridgehead atoms. The van der Waals surface area contributed by atoms with Crippen LogP contribution in [0, 0.1) is 0 Å². The molecule has 1 saturated heterocycles. The Hall–Kier alpha value is -1.16. The zero-order valence-electron chi connectivity index (χ0n) is 11.3. The molecule has 1 aliphatic rings. The molecule has 1 unspecified atom stereocenters. The van der Waals surface area contributed by atoms with Gasteiger partial charge in [-0.3, -0.25) is 0 Å². The first-order chi connectivity index (χ1) is 8.79. The molecule has 2 N–H and O–H groups in total. The molecule has 0 aromatic carbocycles. The Morgan fingerprint density at radius 3 is 2.33 bits per heavy atom. The van der Waals surface area contributed by atoms with Crippen LogP contribution in [0.4, 0.5) is 5.95 Å². The largest absolute Gasteiger partial charge is 0.341 e. The van der Waals surface area contributed by atoms with Crippen LogP contribution in [-0.2, 0) is 6.42 Å². The molecule has 0 radical (unpaired) electrons. The van der Waals surface area contributed by atoms with E-state index in [1.807, 2.05) is 12.4 Å². The molecule has 4 nitrogen and oxygen atoms in total. The van der Waals surface area contributed by atoms with Crippen LogP contribution in [0.2, 0.25) is 0 Å². The van der Waals surface area contributed by atoms with Crippen molar-refractivity contribution < 1.29 is 0 Å². The van der Waals surface area contributed by atoms with E-state index < -0.39 is 0 Å². The molecule has 2 heterocycles. The number of aromatic nitrogens is 2. The minimum Gasteiger partial charge on any atom is -0.341 e. The van der Waals surface area contributed by atoms with E-state index in [4.69, 9.17) is 5.73 Å². The van der Waals surface area contributed by atoms with E-state index in [0.29, 0.717) is 0 Å². The summed E-state index contributed by atoms with van der Waals surface area (Å²) in [5.41, 5.74) is 7.08. The fourth-order valence-electron chi connectivity index (χ4n) is 2.33. The molecule has 0 aliphatic carbocycles. The maximum absolute atomic E-state index is 5.94. The number of anilines is 1. The van der Waals surface area contributed by atoms with Crippen LogP contribution in [0.15, 0.2) is 12.4 Å². The standard InChI is InChI=1S/C14H24N4/c1-2-13(15)9-12-10-16-14(17-11-12)18-7-5-3-4-6-8-18/h10-11,13H,2-9,15H2,1H3. The van der Waals surface area contributed by atoms with Crippen LogP contribution < -0.4 is 10.6 Å². The van der Waals surface area contributed by atoms with Gasteiger partial charge in [-0.1, -0.05) is 19.8 Å². The lowest BCUT2D eigenvalue weighted by atomic mass is 10.1. The van der Waals surface area contributed by atoms with E-state index in [0.717, 1.165) is 37.4 Å². The lowest BCUT2D eigenvalue weighted by Crippen LogP contribution is -2.26. The van der Waals surface area contributed by atoms with Crippen molar-refractivity contribution in [2.24, 2.45) is 5.73 Å². The average Bonchev–Trinajstić information content (AvgIpc) is 2.68. The third-order valence-corrected chi connectivity index (χ3v) is 3.60. The third kappa shape index (κ3) is 3.67. The van der Waals surface area contributed by atoms with Gasteiger partial charge in [-0.15, -0.1) is 0 Å². The first-order valence-electron chi connectivity index (χ1n) is 7.11. The number of nitrogens with two attached hydrogens (primary N) is 1. The van der Waals surface area contributed by atoms with Gasteiger partial charge in [0.1, 0.15) is 0 Å². The maximum Gasteiger partial charge on any atom is 0.225 e. The molecule has 0 amide bonds. The van der Waals surface area contributed by atoms with Crippen molar-refractivity contribution in [1.82, 2.24) is 9.97 Å². The molecule has 100 valence electrons. The van der Waals surface area contributed by atoms with Gasteiger partial charge >= 0.3 is 0 Å². The summed E-state index contributed by atoms with van der Waals surface area (Å²) in [5, 5.41) is 0. The summed E-state index contributed by atoms with van der Waals surface area (Å²) < 4.78 is 0. The first-order valence-corrected chi connectivity index (χ1v) is 7.11. The second-order valence-corrected chi connectivity index (χ2v) is 5.17. The molecule has 1 aliphatic heterocycles. The van der Waals surface area contributed by atoms with Crippen LogP contribution >= 0.6 is 0 Å². The highest BCUT2D eigenvalue weighted by Gasteiger charge is 2.12. The highest BCUT2D eigenvalue weighted by molar-refractivity contribution is 5.30. The van der Waals surface area contributed by atoms with Gasteiger partial charge in [0.2, 0.25) is 5.95 Å². The summed E-state index contributed by atoms with van der Waals surface area (Å²) in [6, 6.07) is 0.220. The number of hydrogen-bond acceptors (Lipinski definition) is 4. The van der Waals surface area contributed by atoms with Crippen molar-refractivity contribution >= 4 is 5.95 Å². The highest BCUT2D eigenvalue weighted by Crippen LogP contribution is 2.15. The van der Waals surface area contributed by atoms with E-state index in [1.54, 1.807) is 0 Å². The second kappa shape index (κ2) is 6.69.